The van der Waals surface area contributed by atoms with Gasteiger partial charge in [0, 0.05) is 37.6 Å². The third-order valence-electron chi connectivity index (χ3n) is 3.87. The second-order valence-electron chi connectivity index (χ2n) is 5.83. The number of amides is 2. The molecule has 0 radical (unpaired) electrons. The molecule has 6 heteroatoms. The molecule has 0 saturated heterocycles. The normalized spacial score (nSPS) is 10.7. The van der Waals surface area contributed by atoms with Crippen LogP contribution < -0.4 is 5.32 Å². The molecule has 122 valence electrons. The van der Waals surface area contributed by atoms with Crippen molar-refractivity contribution in [3.63, 3.8) is 0 Å². The van der Waals surface area contributed by atoms with E-state index in [1.807, 2.05) is 26.8 Å². The van der Waals surface area contributed by atoms with Gasteiger partial charge in [0.05, 0.1) is 0 Å². The Labute approximate surface area is 136 Å². The highest BCUT2D eigenvalue weighted by atomic mass is 16.2. The molecule has 0 saturated carbocycles. The molecule has 0 unspecified atom stereocenters. The predicted molar refractivity (Wildman–Crippen MR) is 89.6 cm³/mol. The summed E-state index contributed by atoms with van der Waals surface area (Å²) in [6.45, 7) is 5.80. The van der Waals surface area contributed by atoms with Crippen molar-refractivity contribution in [1.82, 2.24) is 14.7 Å². The molecular weight excluding hydrogens is 292 g/mol. The van der Waals surface area contributed by atoms with Gasteiger partial charge in [-0.1, -0.05) is 6.07 Å². The molecular formula is C17H22N4O2. The summed E-state index contributed by atoms with van der Waals surface area (Å²) in [6.07, 6.45) is 1.57. The first-order valence-corrected chi connectivity index (χ1v) is 7.48. The lowest BCUT2D eigenvalue weighted by Crippen LogP contribution is -2.33. The summed E-state index contributed by atoms with van der Waals surface area (Å²) < 4.78 is 1.50. The van der Waals surface area contributed by atoms with Gasteiger partial charge < -0.3 is 10.2 Å². The van der Waals surface area contributed by atoms with E-state index in [1.165, 1.54) is 4.68 Å². The lowest BCUT2D eigenvalue weighted by Gasteiger charge is -2.22. The number of aryl methyl sites for hydroxylation is 2. The van der Waals surface area contributed by atoms with Crippen molar-refractivity contribution in [2.45, 2.75) is 26.8 Å². The Hall–Kier alpha value is -2.63. The van der Waals surface area contributed by atoms with E-state index < -0.39 is 0 Å². The molecule has 2 rings (SSSR count). The van der Waals surface area contributed by atoms with Crippen LogP contribution in [-0.4, -0.2) is 39.6 Å². The molecule has 6 nitrogen and oxygen atoms in total. The second-order valence-corrected chi connectivity index (χ2v) is 5.83. The molecule has 0 spiro atoms. The van der Waals surface area contributed by atoms with Crippen LogP contribution in [0.1, 0.15) is 40.3 Å². The number of benzene rings is 1. The third kappa shape index (κ3) is 3.59. The van der Waals surface area contributed by atoms with E-state index in [0.717, 1.165) is 5.56 Å². The van der Waals surface area contributed by atoms with E-state index in [9.17, 15) is 9.59 Å². The number of nitrogens with zero attached hydrogens (tertiary/aromatic N) is 3. The summed E-state index contributed by atoms with van der Waals surface area (Å²) >= 11 is 0. The van der Waals surface area contributed by atoms with E-state index in [0.29, 0.717) is 16.9 Å². The lowest BCUT2D eigenvalue weighted by atomic mass is 10.1. The molecule has 2 amide bonds. The van der Waals surface area contributed by atoms with Crippen molar-refractivity contribution in [2.75, 3.05) is 12.4 Å². The summed E-state index contributed by atoms with van der Waals surface area (Å²) in [7, 11) is 3.48. The number of nitrogens with one attached hydrogen (secondary N) is 1. The molecule has 0 atom stereocenters. The lowest BCUT2D eigenvalue weighted by molar-refractivity contribution is 0.0754. The standard InChI is InChI=1S/C17H22N4O2/c1-11(2)20(4)17(23)14-10-13(7-6-12(14)3)19-16(22)15-8-9-18-21(15)5/h6-11H,1-5H3,(H,19,22). The Balaban J connectivity index is 2.25. The van der Waals surface area contributed by atoms with Crippen molar-refractivity contribution in [2.24, 2.45) is 7.05 Å². The predicted octanol–water partition coefficient (Wildman–Crippen LogP) is 2.46. The van der Waals surface area contributed by atoms with Crippen LogP contribution in [0.15, 0.2) is 30.5 Å². The quantitative estimate of drug-likeness (QED) is 0.942. The number of aromatic nitrogens is 2. The first-order valence-electron chi connectivity index (χ1n) is 7.48. The van der Waals surface area contributed by atoms with Gasteiger partial charge in [0.2, 0.25) is 0 Å². The van der Waals surface area contributed by atoms with Crippen molar-refractivity contribution >= 4 is 17.5 Å². The van der Waals surface area contributed by atoms with Crippen molar-refractivity contribution in [3.8, 4) is 0 Å². The van der Waals surface area contributed by atoms with Gasteiger partial charge in [0.25, 0.3) is 11.8 Å². The van der Waals surface area contributed by atoms with Crippen LogP contribution in [0.2, 0.25) is 0 Å². The highest BCUT2D eigenvalue weighted by Gasteiger charge is 2.18. The molecule has 0 aliphatic rings. The number of carbonyl (C=O) groups is 2. The minimum atomic E-state index is -0.260. The van der Waals surface area contributed by atoms with Gasteiger partial charge in [-0.05, 0) is 44.5 Å². The van der Waals surface area contributed by atoms with Crippen LogP contribution in [0, 0.1) is 6.92 Å². The minimum Gasteiger partial charge on any atom is -0.339 e. The largest absolute Gasteiger partial charge is 0.339 e. The van der Waals surface area contributed by atoms with Gasteiger partial charge in [-0.15, -0.1) is 0 Å². The number of hydrogen-bond acceptors (Lipinski definition) is 3. The molecule has 1 heterocycles. The fourth-order valence-electron chi connectivity index (χ4n) is 2.15. The van der Waals surface area contributed by atoms with Gasteiger partial charge >= 0.3 is 0 Å². The van der Waals surface area contributed by atoms with Gasteiger partial charge in [-0.25, -0.2) is 0 Å². The molecule has 1 aromatic heterocycles. The Bertz CT molecular complexity index is 734. The Kier molecular flexibility index (Phi) is 4.83. The number of rotatable bonds is 4. The molecule has 0 bridgehead atoms. The first-order chi connectivity index (χ1) is 10.8. The number of hydrogen-bond donors (Lipinski definition) is 1. The van der Waals surface area contributed by atoms with Crippen LogP contribution in [0.4, 0.5) is 5.69 Å². The fourth-order valence-corrected chi connectivity index (χ4v) is 2.15. The maximum absolute atomic E-state index is 12.5. The number of anilines is 1. The molecule has 0 aliphatic carbocycles. The monoisotopic (exact) mass is 314 g/mol. The van der Waals surface area contributed by atoms with Crippen LogP contribution >= 0.6 is 0 Å². The highest BCUT2D eigenvalue weighted by Crippen LogP contribution is 2.18. The summed E-state index contributed by atoms with van der Waals surface area (Å²) in [5.41, 5.74) is 2.50. The van der Waals surface area contributed by atoms with Crippen LogP contribution in [0.5, 0.6) is 0 Å². The number of carbonyl (C=O) groups excluding carboxylic acids is 2. The van der Waals surface area contributed by atoms with Crippen molar-refractivity contribution < 1.29 is 9.59 Å². The van der Waals surface area contributed by atoms with Crippen molar-refractivity contribution in [1.29, 1.82) is 0 Å². The second kappa shape index (κ2) is 6.64. The van der Waals surface area contributed by atoms with E-state index >= 15 is 0 Å². The zero-order valence-electron chi connectivity index (χ0n) is 14.1. The third-order valence-corrected chi connectivity index (χ3v) is 3.87. The van der Waals surface area contributed by atoms with Crippen molar-refractivity contribution in [3.05, 3.63) is 47.3 Å². The van der Waals surface area contributed by atoms with Gasteiger partial charge in [0.1, 0.15) is 5.69 Å². The Morgan fingerprint density at radius 3 is 2.52 bits per heavy atom. The molecule has 1 N–H and O–H groups in total. The summed E-state index contributed by atoms with van der Waals surface area (Å²) in [5.74, 6) is -0.321. The first kappa shape index (κ1) is 16.7. The molecule has 0 fully saturated rings. The minimum absolute atomic E-state index is 0.0610. The van der Waals surface area contributed by atoms with E-state index in [4.69, 9.17) is 0 Å². The summed E-state index contributed by atoms with van der Waals surface area (Å²) in [4.78, 5) is 26.4. The topological polar surface area (TPSA) is 67.2 Å². The van der Waals surface area contributed by atoms with E-state index in [2.05, 4.69) is 10.4 Å². The SMILES string of the molecule is Cc1ccc(NC(=O)c2ccnn2C)cc1C(=O)N(C)C(C)C. The zero-order valence-corrected chi connectivity index (χ0v) is 14.1. The maximum Gasteiger partial charge on any atom is 0.273 e. The van der Waals surface area contributed by atoms with E-state index in [-0.39, 0.29) is 17.9 Å². The van der Waals surface area contributed by atoms with Gasteiger partial charge in [-0.3, -0.25) is 14.3 Å². The zero-order chi connectivity index (χ0) is 17.1. The maximum atomic E-state index is 12.5. The Morgan fingerprint density at radius 2 is 1.96 bits per heavy atom. The molecule has 23 heavy (non-hydrogen) atoms. The fraction of sp³-hybridized carbons (Fsp3) is 0.353. The average molecular weight is 314 g/mol. The molecule has 1 aromatic carbocycles. The van der Waals surface area contributed by atoms with Crippen LogP contribution in [-0.2, 0) is 7.05 Å². The Morgan fingerprint density at radius 1 is 1.26 bits per heavy atom. The summed E-state index contributed by atoms with van der Waals surface area (Å²) in [5, 5.41) is 6.78. The summed E-state index contributed by atoms with van der Waals surface area (Å²) in [6, 6.07) is 7.08. The molecule has 0 aliphatic heterocycles. The smallest absolute Gasteiger partial charge is 0.273 e. The van der Waals surface area contributed by atoms with Crippen LogP contribution in [0.3, 0.4) is 0 Å². The highest BCUT2D eigenvalue weighted by molar-refractivity contribution is 6.04. The van der Waals surface area contributed by atoms with Gasteiger partial charge in [0.15, 0.2) is 0 Å². The molecule has 2 aromatic rings. The van der Waals surface area contributed by atoms with Gasteiger partial charge in [-0.2, -0.15) is 5.10 Å². The van der Waals surface area contributed by atoms with Crippen LogP contribution in [0.25, 0.3) is 0 Å². The van der Waals surface area contributed by atoms with E-state index in [1.54, 1.807) is 43.4 Å². The average Bonchev–Trinajstić information content (AvgIpc) is 2.93.